The average Bonchev–Trinajstić information content (AvgIpc) is 2.63. The van der Waals surface area contributed by atoms with E-state index in [1.54, 1.807) is 17.1 Å². The Bertz CT molecular complexity index is 487. The number of nitrogen functional groups attached to an aromatic ring is 1. The minimum Gasteiger partial charge on any atom is -0.476 e. The summed E-state index contributed by atoms with van der Waals surface area (Å²) in [4.78, 5) is 4.29. The second-order valence-corrected chi connectivity index (χ2v) is 4.01. The van der Waals surface area contributed by atoms with E-state index in [0.29, 0.717) is 24.7 Å². The molecule has 0 radical (unpaired) electrons. The zero-order valence-corrected chi connectivity index (χ0v) is 10.1. The van der Waals surface area contributed by atoms with Crippen molar-refractivity contribution in [3.63, 3.8) is 0 Å². The normalized spacial score (nSPS) is 10.5. The average molecular weight is 232 g/mol. The smallest absolute Gasteiger partial charge is 0.213 e. The van der Waals surface area contributed by atoms with Gasteiger partial charge in [0, 0.05) is 18.0 Å². The standard InChI is InChI=1S/C12H16N4O/c1-9-5-10(2)15-12(6-9)17-4-3-16-8-11(13)7-14-16/h5-8H,3-4,13H2,1-2H3. The molecule has 0 aliphatic carbocycles. The number of aryl methyl sites for hydroxylation is 2. The van der Waals surface area contributed by atoms with Gasteiger partial charge in [-0.2, -0.15) is 5.10 Å². The molecule has 0 unspecified atom stereocenters. The van der Waals surface area contributed by atoms with E-state index >= 15 is 0 Å². The van der Waals surface area contributed by atoms with E-state index in [1.807, 2.05) is 26.0 Å². The number of hydrogen-bond donors (Lipinski definition) is 1. The molecule has 2 aromatic heterocycles. The van der Waals surface area contributed by atoms with Crippen molar-refractivity contribution in [3.8, 4) is 5.88 Å². The van der Waals surface area contributed by atoms with E-state index in [9.17, 15) is 0 Å². The summed E-state index contributed by atoms with van der Waals surface area (Å²) in [7, 11) is 0. The van der Waals surface area contributed by atoms with Gasteiger partial charge in [0.1, 0.15) is 6.61 Å². The van der Waals surface area contributed by atoms with E-state index in [0.717, 1.165) is 11.3 Å². The highest BCUT2D eigenvalue weighted by Gasteiger charge is 1.99. The van der Waals surface area contributed by atoms with Crippen molar-refractivity contribution in [1.29, 1.82) is 0 Å². The Morgan fingerprint density at radius 1 is 1.35 bits per heavy atom. The fraction of sp³-hybridized carbons (Fsp3) is 0.333. The Hall–Kier alpha value is -2.04. The topological polar surface area (TPSA) is 66.0 Å². The molecule has 5 nitrogen and oxygen atoms in total. The number of nitrogens with two attached hydrogens (primary N) is 1. The first kappa shape index (κ1) is 11.4. The SMILES string of the molecule is Cc1cc(C)nc(OCCn2cc(N)cn2)c1. The summed E-state index contributed by atoms with van der Waals surface area (Å²) >= 11 is 0. The number of aromatic nitrogens is 3. The van der Waals surface area contributed by atoms with Gasteiger partial charge in [-0.1, -0.05) is 0 Å². The van der Waals surface area contributed by atoms with Crippen LogP contribution >= 0.6 is 0 Å². The molecule has 0 amide bonds. The first-order chi connectivity index (χ1) is 8.13. The van der Waals surface area contributed by atoms with Crippen LogP contribution in [-0.2, 0) is 6.54 Å². The lowest BCUT2D eigenvalue weighted by molar-refractivity contribution is 0.280. The Morgan fingerprint density at radius 2 is 2.18 bits per heavy atom. The molecule has 0 saturated heterocycles. The Balaban J connectivity index is 1.89. The highest BCUT2D eigenvalue weighted by Crippen LogP contribution is 2.11. The van der Waals surface area contributed by atoms with E-state index in [2.05, 4.69) is 10.1 Å². The Labute approximate surface area is 100 Å². The van der Waals surface area contributed by atoms with Gasteiger partial charge in [-0.15, -0.1) is 0 Å². The van der Waals surface area contributed by atoms with Crippen LogP contribution < -0.4 is 10.5 Å². The number of ether oxygens (including phenoxy) is 1. The van der Waals surface area contributed by atoms with Crippen molar-refractivity contribution in [2.24, 2.45) is 0 Å². The molecule has 2 N–H and O–H groups in total. The van der Waals surface area contributed by atoms with Gasteiger partial charge in [-0.3, -0.25) is 4.68 Å². The highest BCUT2D eigenvalue weighted by molar-refractivity contribution is 5.30. The van der Waals surface area contributed by atoms with Crippen molar-refractivity contribution in [1.82, 2.24) is 14.8 Å². The molecule has 5 heteroatoms. The molecule has 90 valence electrons. The van der Waals surface area contributed by atoms with Gasteiger partial charge in [0.2, 0.25) is 5.88 Å². The Morgan fingerprint density at radius 3 is 2.82 bits per heavy atom. The summed E-state index contributed by atoms with van der Waals surface area (Å²) in [6, 6.07) is 3.94. The molecule has 0 aromatic carbocycles. The molecule has 17 heavy (non-hydrogen) atoms. The van der Waals surface area contributed by atoms with Gasteiger partial charge in [-0.25, -0.2) is 4.98 Å². The monoisotopic (exact) mass is 232 g/mol. The maximum Gasteiger partial charge on any atom is 0.213 e. The van der Waals surface area contributed by atoms with Gasteiger partial charge < -0.3 is 10.5 Å². The second-order valence-electron chi connectivity index (χ2n) is 4.01. The van der Waals surface area contributed by atoms with Crippen molar-refractivity contribution in [2.45, 2.75) is 20.4 Å². The maximum absolute atomic E-state index is 5.57. The third-order valence-electron chi connectivity index (χ3n) is 2.30. The molecule has 2 aromatic rings. The first-order valence-electron chi connectivity index (χ1n) is 5.49. The molecule has 0 aliphatic rings. The number of pyridine rings is 1. The fourth-order valence-electron chi connectivity index (χ4n) is 1.62. The fourth-order valence-corrected chi connectivity index (χ4v) is 1.62. The van der Waals surface area contributed by atoms with E-state index < -0.39 is 0 Å². The largest absolute Gasteiger partial charge is 0.476 e. The lowest BCUT2D eigenvalue weighted by Gasteiger charge is -2.07. The summed E-state index contributed by atoms with van der Waals surface area (Å²) in [5.41, 5.74) is 8.34. The molecule has 0 bridgehead atoms. The highest BCUT2D eigenvalue weighted by atomic mass is 16.5. The summed E-state index contributed by atoms with van der Waals surface area (Å²) in [6.45, 7) is 5.16. The predicted molar refractivity (Wildman–Crippen MR) is 65.8 cm³/mol. The van der Waals surface area contributed by atoms with Crippen LogP contribution in [0.3, 0.4) is 0 Å². The van der Waals surface area contributed by atoms with Gasteiger partial charge in [0.05, 0.1) is 18.4 Å². The predicted octanol–water partition coefficient (Wildman–Crippen LogP) is 1.56. The van der Waals surface area contributed by atoms with Gasteiger partial charge in [0.15, 0.2) is 0 Å². The van der Waals surface area contributed by atoms with Crippen LogP contribution in [0, 0.1) is 13.8 Å². The van der Waals surface area contributed by atoms with Crippen molar-refractivity contribution < 1.29 is 4.74 Å². The summed E-state index contributed by atoms with van der Waals surface area (Å²) in [5.74, 6) is 0.655. The van der Waals surface area contributed by atoms with Crippen LogP contribution in [0.4, 0.5) is 5.69 Å². The molecule has 0 aliphatic heterocycles. The molecular weight excluding hydrogens is 216 g/mol. The van der Waals surface area contributed by atoms with Crippen molar-refractivity contribution in [2.75, 3.05) is 12.3 Å². The Kier molecular flexibility index (Phi) is 3.27. The van der Waals surface area contributed by atoms with Gasteiger partial charge in [-0.05, 0) is 25.5 Å². The zero-order valence-electron chi connectivity index (χ0n) is 10.1. The second kappa shape index (κ2) is 4.86. The van der Waals surface area contributed by atoms with Crippen LogP contribution in [0.1, 0.15) is 11.3 Å². The summed E-state index contributed by atoms with van der Waals surface area (Å²) in [5, 5.41) is 4.07. The minimum absolute atomic E-state index is 0.525. The molecule has 2 heterocycles. The number of rotatable bonds is 4. The minimum atomic E-state index is 0.525. The zero-order chi connectivity index (χ0) is 12.3. The number of anilines is 1. The maximum atomic E-state index is 5.57. The summed E-state index contributed by atoms with van der Waals surface area (Å²) < 4.78 is 7.32. The molecule has 0 spiro atoms. The van der Waals surface area contributed by atoms with Crippen molar-refractivity contribution >= 4 is 5.69 Å². The molecule has 2 rings (SSSR count). The van der Waals surface area contributed by atoms with Gasteiger partial charge in [0.25, 0.3) is 0 Å². The van der Waals surface area contributed by atoms with Crippen LogP contribution in [-0.4, -0.2) is 21.4 Å². The van der Waals surface area contributed by atoms with E-state index in [4.69, 9.17) is 10.5 Å². The quantitative estimate of drug-likeness (QED) is 0.868. The number of hydrogen-bond acceptors (Lipinski definition) is 4. The van der Waals surface area contributed by atoms with Crippen molar-refractivity contribution in [3.05, 3.63) is 35.8 Å². The molecule has 0 atom stereocenters. The van der Waals surface area contributed by atoms with E-state index in [1.165, 1.54) is 0 Å². The van der Waals surface area contributed by atoms with Crippen LogP contribution in [0.25, 0.3) is 0 Å². The molecule has 0 fully saturated rings. The van der Waals surface area contributed by atoms with E-state index in [-0.39, 0.29) is 0 Å². The van der Waals surface area contributed by atoms with Crippen LogP contribution in [0.2, 0.25) is 0 Å². The third kappa shape index (κ3) is 3.21. The first-order valence-corrected chi connectivity index (χ1v) is 5.49. The lowest BCUT2D eigenvalue weighted by Crippen LogP contribution is -2.09. The molecule has 0 saturated carbocycles. The summed E-state index contributed by atoms with van der Waals surface area (Å²) in [6.07, 6.45) is 3.40. The van der Waals surface area contributed by atoms with Crippen LogP contribution in [0.5, 0.6) is 5.88 Å². The van der Waals surface area contributed by atoms with Gasteiger partial charge >= 0.3 is 0 Å². The lowest BCUT2D eigenvalue weighted by atomic mass is 10.2. The number of nitrogens with zero attached hydrogens (tertiary/aromatic N) is 3. The third-order valence-corrected chi connectivity index (χ3v) is 2.30. The van der Waals surface area contributed by atoms with Crippen LogP contribution in [0.15, 0.2) is 24.5 Å². The molecular formula is C12H16N4O.